The molecule has 0 aliphatic carbocycles. The predicted molar refractivity (Wildman–Crippen MR) is 99.8 cm³/mol. The van der Waals surface area contributed by atoms with Gasteiger partial charge in [0.05, 0.1) is 26.3 Å². The number of carbonyl (C=O) groups excluding carboxylic acids is 1. The second-order valence-corrected chi connectivity index (χ2v) is 5.59. The number of cyclic esters (lactones) is 1. The number of benzene rings is 2. The lowest BCUT2D eigenvalue weighted by Crippen LogP contribution is -2.06. The standard InChI is InChI=1S/C19H16N2O7/c1-25-15-7-5-12(10-14(15)21(23)24)18-20-13(19(22)28-18)8-11-4-6-16(26-2)17(9-11)27-3/h4-10H,1-3H3. The third kappa shape index (κ3) is 3.63. The number of hydrogen-bond acceptors (Lipinski definition) is 8. The van der Waals surface area contributed by atoms with Crippen LogP contribution in [0.4, 0.5) is 5.69 Å². The van der Waals surface area contributed by atoms with E-state index >= 15 is 0 Å². The minimum Gasteiger partial charge on any atom is -0.493 e. The van der Waals surface area contributed by atoms with Gasteiger partial charge >= 0.3 is 11.7 Å². The summed E-state index contributed by atoms with van der Waals surface area (Å²) >= 11 is 0. The summed E-state index contributed by atoms with van der Waals surface area (Å²) in [6.45, 7) is 0. The number of nitro benzene ring substituents is 1. The molecule has 9 heteroatoms. The van der Waals surface area contributed by atoms with Crippen LogP contribution in [0.1, 0.15) is 11.1 Å². The maximum atomic E-state index is 12.2. The molecular weight excluding hydrogens is 368 g/mol. The number of esters is 1. The molecule has 0 radical (unpaired) electrons. The van der Waals surface area contributed by atoms with Gasteiger partial charge in [-0.1, -0.05) is 6.07 Å². The van der Waals surface area contributed by atoms with E-state index in [1.165, 1.54) is 45.6 Å². The van der Waals surface area contributed by atoms with Gasteiger partial charge in [-0.15, -0.1) is 0 Å². The van der Waals surface area contributed by atoms with Crippen molar-refractivity contribution in [2.45, 2.75) is 0 Å². The first-order chi connectivity index (χ1) is 13.5. The summed E-state index contributed by atoms with van der Waals surface area (Å²) < 4.78 is 20.5. The summed E-state index contributed by atoms with van der Waals surface area (Å²) in [5.41, 5.74) is 0.739. The maximum absolute atomic E-state index is 12.2. The summed E-state index contributed by atoms with van der Waals surface area (Å²) in [7, 11) is 4.36. The molecule has 0 unspecified atom stereocenters. The van der Waals surface area contributed by atoms with Crippen LogP contribution < -0.4 is 14.2 Å². The summed E-state index contributed by atoms with van der Waals surface area (Å²) in [5, 5.41) is 11.2. The Morgan fingerprint density at radius 2 is 1.68 bits per heavy atom. The Balaban J connectivity index is 1.96. The normalized spacial score (nSPS) is 14.5. The minimum atomic E-state index is -0.664. The van der Waals surface area contributed by atoms with E-state index < -0.39 is 10.9 Å². The van der Waals surface area contributed by atoms with E-state index in [9.17, 15) is 14.9 Å². The average molecular weight is 384 g/mol. The van der Waals surface area contributed by atoms with Crippen molar-refractivity contribution in [3.63, 3.8) is 0 Å². The van der Waals surface area contributed by atoms with Crippen LogP contribution in [0, 0.1) is 10.1 Å². The molecule has 1 heterocycles. The molecule has 0 saturated heterocycles. The van der Waals surface area contributed by atoms with E-state index in [2.05, 4.69) is 4.99 Å². The van der Waals surface area contributed by atoms with Gasteiger partial charge in [0, 0.05) is 11.6 Å². The van der Waals surface area contributed by atoms with Crippen molar-refractivity contribution in [1.29, 1.82) is 0 Å². The van der Waals surface area contributed by atoms with Crippen LogP contribution in [-0.4, -0.2) is 38.1 Å². The average Bonchev–Trinajstić information content (AvgIpc) is 3.07. The molecule has 144 valence electrons. The zero-order chi connectivity index (χ0) is 20.3. The van der Waals surface area contributed by atoms with Gasteiger partial charge in [-0.3, -0.25) is 10.1 Å². The fourth-order valence-electron chi connectivity index (χ4n) is 2.60. The second-order valence-electron chi connectivity index (χ2n) is 5.59. The highest BCUT2D eigenvalue weighted by atomic mass is 16.6. The van der Waals surface area contributed by atoms with Crippen molar-refractivity contribution in [3.05, 3.63) is 63.3 Å². The van der Waals surface area contributed by atoms with Crippen LogP contribution in [0.5, 0.6) is 17.2 Å². The molecule has 2 aromatic rings. The van der Waals surface area contributed by atoms with E-state index in [1.807, 2.05) is 0 Å². The van der Waals surface area contributed by atoms with Crippen LogP contribution >= 0.6 is 0 Å². The number of carbonyl (C=O) groups is 1. The van der Waals surface area contributed by atoms with Crippen LogP contribution in [0.25, 0.3) is 6.08 Å². The number of hydrogen-bond donors (Lipinski definition) is 0. The molecule has 0 atom stereocenters. The van der Waals surface area contributed by atoms with Crippen molar-refractivity contribution >= 4 is 23.6 Å². The largest absolute Gasteiger partial charge is 0.493 e. The Morgan fingerprint density at radius 3 is 2.32 bits per heavy atom. The number of nitro groups is 1. The predicted octanol–water partition coefficient (Wildman–Crippen LogP) is 2.97. The highest BCUT2D eigenvalue weighted by molar-refractivity contribution is 6.13. The number of rotatable bonds is 6. The molecule has 0 spiro atoms. The first-order valence-corrected chi connectivity index (χ1v) is 8.04. The Labute approximate surface area is 160 Å². The van der Waals surface area contributed by atoms with Gasteiger partial charge in [-0.25, -0.2) is 9.79 Å². The Morgan fingerprint density at radius 1 is 1.00 bits per heavy atom. The zero-order valence-electron chi connectivity index (χ0n) is 15.3. The monoisotopic (exact) mass is 384 g/mol. The quantitative estimate of drug-likeness (QED) is 0.326. The Hall–Kier alpha value is -3.88. The summed E-state index contributed by atoms with van der Waals surface area (Å²) in [6.07, 6.45) is 1.52. The topological polar surface area (TPSA) is 109 Å². The maximum Gasteiger partial charge on any atom is 0.363 e. The van der Waals surface area contributed by atoms with Crippen LogP contribution in [-0.2, 0) is 9.53 Å². The van der Waals surface area contributed by atoms with E-state index in [1.54, 1.807) is 18.2 Å². The number of methoxy groups -OCH3 is 3. The Bertz CT molecular complexity index is 1010. The van der Waals surface area contributed by atoms with Gasteiger partial charge in [0.25, 0.3) is 0 Å². The van der Waals surface area contributed by atoms with Gasteiger partial charge in [0.15, 0.2) is 22.9 Å². The van der Waals surface area contributed by atoms with Crippen LogP contribution in [0.3, 0.4) is 0 Å². The Kier molecular flexibility index (Phi) is 5.25. The van der Waals surface area contributed by atoms with Crippen molar-refractivity contribution in [1.82, 2.24) is 0 Å². The number of ether oxygens (including phenoxy) is 4. The lowest BCUT2D eigenvalue weighted by Gasteiger charge is -2.07. The lowest BCUT2D eigenvalue weighted by molar-refractivity contribution is -0.385. The third-order valence-electron chi connectivity index (χ3n) is 3.95. The molecule has 0 N–H and O–H groups in total. The van der Waals surface area contributed by atoms with Gasteiger partial charge in [0.2, 0.25) is 5.90 Å². The molecule has 2 aromatic carbocycles. The molecule has 0 bridgehead atoms. The third-order valence-corrected chi connectivity index (χ3v) is 3.95. The van der Waals surface area contributed by atoms with E-state index in [0.717, 1.165) is 0 Å². The first kappa shape index (κ1) is 18.9. The minimum absolute atomic E-state index is 0.0255. The van der Waals surface area contributed by atoms with Gasteiger partial charge in [-0.05, 0) is 35.9 Å². The van der Waals surface area contributed by atoms with Crippen molar-refractivity contribution in [2.24, 2.45) is 4.99 Å². The SMILES string of the molecule is COc1ccc(C=C2N=C(c3ccc(OC)c([N+](=O)[O-])c3)OC2=O)cc1OC. The number of aliphatic imine (C=N–C) groups is 1. The van der Waals surface area contributed by atoms with Crippen molar-refractivity contribution < 1.29 is 28.7 Å². The molecule has 3 rings (SSSR count). The molecule has 0 fully saturated rings. The molecular formula is C19H16N2O7. The summed E-state index contributed by atoms with van der Waals surface area (Å²) in [5.74, 6) is 0.456. The molecule has 1 aliphatic rings. The summed E-state index contributed by atoms with van der Waals surface area (Å²) in [4.78, 5) is 26.9. The van der Waals surface area contributed by atoms with E-state index in [0.29, 0.717) is 17.1 Å². The van der Waals surface area contributed by atoms with Gasteiger partial charge < -0.3 is 18.9 Å². The van der Waals surface area contributed by atoms with Gasteiger partial charge in [0.1, 0.15) is 0 Å². The van der Waals surface area contributed by atoms with Crippen LogP contribution in [0.2, 0.25) is 0 Å². The lowest BCUT2D eigenvalue weighted by atomic mass is 10.1. The second kappa shape index (κ2) is 7.78. The highest BCUT2D eigenvalue weighted by Gasteiger charge is 2.26. The molecule has 0 saturated carbocycles. The fourth-order valence-corrected chi connectivity index (χ4v) is 2.60. The molecule has 9 nitrogen and oxygen atoms in total. The molecule has 28 heavy (non-hydrogen) atoms. The van der Waals surface area contributed by atoms with Crippen molar-refractivity contribution in [2.75, 3.05) is 21.3 Å². The highest BCUT2D eigenvalue weighted by Crippen LogP contribution is 2.31. The fraction of sp³-hybridized carbons (Fsp3) is 0.158. The first-order valence-electron chi connectivity index (χ1n) is 8.04. The smallest absolute Gasteiger partial charge is 0.363 e. The van der Waals surface area contributed by atoms with Crippen molar-refractivity contribution in [3.8, 4) is 17.2 Å². The summed E-state index contributed by atoms with van der Waals surface area (Å²) in [6, 6.07) is 9.29. The molecule has 1 aliphatic heterocycles. The van der Waals surface area contributed by atoms with E-state index in [4.69, 9.17) is 18.9 Å². The van der Waals surface area contributed by atoms with E-state index in [-0.39, 0.29) is 28.6 Å². The van der Waals surface area contributed by atoms with Crippen LogP contribution in [0.15, 0.2) is 47.1 Å². The number of nitrogens with zero attached hydrogens (tertiary/aromatic N) is 2. The molecule has 0 amide bonds. The molecule has 0 aromatic heterocycles. The zero-order valence-corrected chi connectivity index (χ0v) is 15.3. The van der Waals surface area contributed by atoms with Gasteiger partial charge in [-0.2, -0.15) is 0 Å².